The van der Waals surface area contributed by atoms with Gasteiger partial charge >= 0.3 is 0 Å². The maximum atomic E-state index is 12.3. The zero-order valence-electron chi connectivity index (χ0n) is 15.1. The van der Waals surface area contributed by atoms with Crippen LogP contribution in [0.25, 0.3) is 0 Å². The number of thiophene rings is 1. The van der Waals surface area contributed by atoms with Gasteiger partial charge in [-0.15, -0.1) is 11.3 Å². The van der Waals surface area contributed by atoms with Crippen molar-refractivity contribution in [2.75, 3.05) is 38.6 Å². The minimum absolute atomic E-state index is 0.00701. The molecule has 0 saturated carbocycles. The molecule has 1 aliphatic rings. The summed E-state index contributed by atoms with van der Waals surface area (Å²) in [6.45, 7) is 7.76. The number of aryl methyl sites for hydroxylation is 2. The summed E-state index contributed by atoms with van der Waals surface area (Å²) in [4.78, 5) is 24.7. The summed E-state index contributed by atoms with van der Waals surface area (Å²) in [5, 5.41) is 5.81. The summed E-state index contributed by atoms with van der Waals surface area (Å²) in [7, 11) is 0. The predicted octanol–water partition coefficient (Wildman–Crippen LogP) is 2.44. The molecule has 3 rings (SSSR count). The maximum absolute atomic E-state index is 12.3. The molecule has 6 nitrogen and oxygen atoms in total. The van der Waals surface area contributed by atoms with Crippen molar-refractivity contribution in [1.82, 2.24) is 20.2 Å². The monoisotopic (exact) mass is 392 g/mol. The van der Waals surface area contributed by atoms with Gasteiger partial charge in [-0.25, -0.2) is 9.97 Å². The van der Waals surface area contributed by atoms with Crippen LogP contribution in [0.4, 0.5) is 0 Å². The van der Waals surface area contributed by atoms with Gasteiger partial charge in [-0.1, -0.05) is 17.8 Å². The van der Waals surface area contributed by atoms with Gasteiger partial charge in [-0.3, -0.25) is 9.69 Å². The molecule has 1 saturated heterocycles. The number of aromatic nitrogens is 2. The van der Waals surface area contributed by atoms with Crippen molar-refractivity contribution in [3.05, 3.63) is 39.8 Å². The van der Waals surface area contributed by atoms with Crippen LogP contribution < -0.4 is 5.32 Å². The summed E-state index contributed by atoms with van der Waals surface area (Å²) in [5.41, 5.74) is 1.84. The van der Waals surface area contributed by atoms with Crippen molar-refractivity contribution in [3.63, 3.8) is 0 Å². The zero-order chi connectivity index (χ0) is 18.4. The van der Waals surface area contributed by atoms with E-state index in [0.717, 1.165) is 37.7 Å². The van der Waals surface area contributed by atoms with Gasteiger partial charge in [0.15, 0.2) is 5.16 Å². The standard InChI is InChI=1S/C18H24N4O2S2/c1-13-10-14(2)21-18(20-13)26-12-17(23)19-11-15(16-4-3-9-25-16)22-5-7-24-8-6-22/h3-4,9-10,15H,5-8,11-12H2,1-2H3,(H,19,23)/t15-/m1/s1. The summed E-state index contributed by atoms with van der Waals surface area (Å²) in [6, 6.07) is 6.32. The first-order chi connectivity index (χ1) is 12.6. The second-order valence-electron chi connectivity index (χ2n) is 6.21. The van der Waals surface area contributed by atoms with Gasteiger partial charge in [0.25, 0.3) is 0 Å². The molecule has 1 aliphatic heterocycles. The Bertz CT molecular complexity index is 698. The highest BCUT2D eigenvalue weighted by atomic mass is 32.2. The molecular formula is C18H24N4O2S2. The lowest BCUT2D eigenvalue weighted by Crippen LogP contribution is -2.43. The molecule has 140 valence electrons. The molecule has 26 heavy (non-hydrogen) atoms. The van der Waals surface area contributed by atoms with E-state index in [-0.39, 0.29) is 11.9 Å². The minimum Gasteiger partial charge on any atom is -0.379 e. The number of nitrogens with zero attached hydrogens (tertiary/aromatic N) is 3. The Kier molecular flexibility index (Phi) is 7.01. The van der Waals surface area contributed by atoms with E-state index in [0.29, 0.717) is 17.5 Å². The molecule has 2 aromatic heterocycles. The number of rotatable bonds is 7. The third-order valence-corrected chi connectivity index (χ3v) is 5.97. The minimum atomic E-state index is 0.00701. The molecule has 3 heterocycles. The van der Waals surface area contributed by atoms with Crippen LogP contribution >= 0.6 is 23.1 Å². The van der Waals surface area contributed by atoms with Crippen LogP contribution in [0.5, 0.6) is 0 Å². The Morgan fingerprint density at radius 3 is 2.73 bits per heavy atom. The molecule has 1 fully saturated rings. The largest absolute Gasteiger partial charge is 0.379 e. The van der Waals surface area contributed by atoms with Crippen LogP contribution in [0.2, 0.25) is 0 Å². The second kappa shape index (κ2) is 9.45. The lowest BCUT2D eigenvalue weighted by molar-refractivity contribution is -0.118. The smallest absolute Gasteiger partial charge is 0.230 e. The number of nitrogens with one attached hydrogen (secondary N) is 1. The van der Waals surface area contributed by atoms with E-state index in [2.05, 4.69) is 37.7 Å². The molecule has 2 aromatic rings. The number of amides is 1. The van der Waals surface area contributed by atoms with E-state index in [4.69, 9.17) is 4.74 Å². The summed E-state index contributed by atoms with van der Waals surface area (Å²) < 4.78 is 5.46. The van der Waals surface area contributed by atoms with E-state index >= 15 is 0 Å². The van der Waals surface area contributed by atoms with Crippen LogP contribution in [-0.2, 0) is 9.53 Å². The lowest BCUT2D eigenvalue weighted by Gasteiger charge is -2.34. The van der Waals surface area contributed by atoms with Crippen molar-refractivity contribution in [3.8, 4) is 0 Å². The number of morpholine rings is 1. The molecule has 1 N–H and O–H groups in total. The Balaban J connectivity index is 1.53. The van der Waals surface area contributed by atoms with Gasteiger partial charge < -0.3 is 10.1 Å². The third kappa shape index (κ3) is 5.51. The molecule has 0 aliphatic carbocycles. The van der Waals surface area contributed by atoms with Crippen molar-refractivity contribution in [2.45, 2.75) is 25.0 Å². The number of thioether (sulfide) groups is 1. The molecule has 0 unspecified atom stereocenters. The molecule has 8 heteroatoms. The number of carbonyl (C=O) groups is 1. The average molecular weight is 393 g/mol. The first kappa shape index (κ1) is 19.3. The van der Waals surface area contributed by atoms with Gasteiger partial charge in [0, 0.05) is 35.9 Å². The van der Waals surface area contributed by atoms with Crippen LogP contribution in [0.1, 0.15) is 22.3 Å². The van der Waals surface area contributed by atoms with E-state index < -0.39 is 0 Å². The number of carbonyl (C=O) groups excluding carboxylic acids is 1. The van der Waals surface area contributed by atoms with E-state index in [1.54, 1.807) is 11.3 Å². The first-order valence-electron chi connectivity index (χ1n) is 8.69. The number of ether oxygens (including phenoxy) is 1. The van der Waals surface area contributed by atoms with Crippen molar-refractivity contribution in [2.24, 2.45) is 0 Å². The number of hydrogen-bond acceptors (Lipinski definition) is 7. The zero-order valence-corrected chi connectivity index (χ0v) is 16.7. The first-order valence-corrected chi connectivity index (χ1v) is 10.6. The fourth-order valence-electron chi connectivity index (χ4n) is 2.93. The fourth-order valence-corrected chi connectivity index (χ4v) is 4.57. The Morgan fingerprint density at radius 2 is 2.08 bits per heavy atom. The summed E-state index contributed by atoms with van der Waals surface area (Å²) in [6.07, 6.45) is 0. The summed E-state index contributed by atoms with van der Waals surface area (Å²) in [5.74, 6) is 0.330. The van der Waals surface area contributed by atoms with E-state index in [1.165, 1.54) is 16.6 Å². The number of hydrogen-bond donors (Lipinski definition) is 1. The highest BCUT2D eigenvalue weighted by Gasteiger charge is 2.24. The maximum Gasteiger partial charge on any atom is 0.230 e. The summed E-state index contributed by atoms with van der Waals surface area (Å²) >= 11 is 3.11. The molecular weight excluding hydrogens is 368 g/mol. The van der Waals surface area contributed by atoms with E-state index in [1.807, 2.05) is 19.9 Å². The van der Waals surface area contributed by atoms with Crippen LogP contribution in [0, 0.1) is 13.8 Å². The molecule has 0 bridgehead atoms. The molecule has 1 amide bonds. The quantitative estimate of drug-likeness (QED) is 0.577. The van der Waals surface area contributed by atoms with Gasteiger partial charge in [-0.05, 0) is 31.4 Å². The van der Waals surface area contributed by atoms with Gasteiger partial charge in [0.2, 0.25) is 5.91 Å². The normalized spacial score (nSPS) is 16.4. The van der Waals surface area contributed by atoms with Gasteiger partial charge in [0.1, 0.15) is 0 Å². The topological polar surface area (TPSA) is 67.4 Å². The fraction of sp³-hybridized carbons (Fsp3) is 0.500. The van der Waals surface area contributed by atoms with Crippen LogP contribution in [-0.4, -0.2) is 59.4 Å². The Labute approximate surface area is 162 Å². The van der Waals surface area contributed by atoms with Crippen molar-refractivity contribution < 1.29 is 9.53 Å². The third-order valence-electron chi connectivity index (χ3n) is 4.14. The highest BCUT2D eigenvalue weighted by Crippen LogP contribution is 2.25. The Hall–Kier alpha value is -1.48. The molecule has 0 radical (unpaired) electrons. The van der Waals surface area contributed by atoms with Crippen LogP contribution in [0.3, 0.4) is 0 Å². The Morgan fingerprint density at radius 1 is 1.35 bits per heavy atom. The predicted molar refractivity (Wildman–Crippen MR) is 105 cm³/mol. The van der Waals surface area contributed by atoms with Gasteiger partial charge in [-0.2, -0.15) is 0 Å². The van der Waals surface area contributed by atoms with Crippen LogP contribution in [0.15, 0.2) is 28.7 Å². The molecule has 1 atom stereocenters. The average Bonchev–Trinajstić information content (AvgIpc) is 3.15. The van der Waals surface area contributed by atoms with Crippen molar-refractivity contribution in [1.29, 1.82) is 0 Å². The molecule has 0 spiro atoms. The lowest BCUT2D eigenvalue weighted by atomic mass is 10.2. The highest BCUT2D eigenvalue weighted by molar-refractivity contribution is 7.99. The second-order valence-corrected chi connectivity index (χ2v) is 8.13. The molecule has 0 aromatic carbocycles. The SMILES string of the molecule is Cc1cc(C)nc(SCC(=O)NC[C@H](c2cccs2)N2CCOCC2)n1. The van der Waals surface area contributed by atoms with Gasteiger partial charge in [0.05, 0.1) is 25.0 Å². The van der Waals surface area contributed by atoms with Crippen molar-refractivity contribution >= 4 is 29.0 Å². The van der Waals surface area contributed by atoms with E-state index in [9.17, 15) is 4.79 Å².